The van der Waals surface area contributed by atoms with Crippen molar-refractivity contribution in [2.24, 2.45) is 0 Å². The van der Waals surface area contributed by atoms with Crippen LogP contribution in [-0.2, 0) is 9.59 Å². The summed E-state index contributed by atoms with van der Waals surface area (Å²) in [5.74, 6) is -0.333. The molecule has 0 aromatic heterocycles. The Bertz CT molecular complexity index is 606. The molecule has 1 unspecified atom stereocenters. The number of halogens is 2. The van der Waals surface area contributed by atoms with Crippen LogP contribution < -0.4 is 0 Å². The maximum atomic E-state index is 12.5. The van der Waals surface area contributed by atoms with Gasteiger partial charge in [0, 0.05) is 23.1 Å². The number of carbonyl (C=O) groups excluding carboxylic acids is 2. The summed E-state index contributed by atoms with van der Waals surface area (Å²) in [5, 5.41) is 0.656. The van der Waals surface area contributed by atoms with Gasteiger partial charge in [-0.15, -0.1) is 0 Å². The van der Waals surface area contributed by atoms with Crippen molar-refractivity contribution in [3.05, 3.63) is 45.9 Å². The van der Waals surface area contributed by atoms with Gasteiger partial charge >= 0.3 is 0 Å². The molecule has 1 heterocycles. The molecular formula is C16H18BrClN2O2. The Hall–Kier alpha value is -1.33. The number of nitrogens with zero attached hydrogens (tertiary/aromatic N) is 2. The fraction of sp³-hybridized carbons (Fsp3) is 0.375. The highest BCUT2D eigenvalue weighted by atomic mass is 79.9. The van der Waals surface area contributed by atoms with E-state index < -0.39 is 0 Å². The summed E-state index contributed by atoms with van der Waals surface area (Å²) in [6.45, 7) is 4.16. The number of likely N-dealkylation sites (N-methyl/N-ethyl adjacent to an activating group) is 1. The van der Waals surface area contributed by atoms with Crippen molar-refractivity contribution < 1.29 is 9.59 Å². The van der Waals surface area contributed by atoms with E-state index in [1.54, 1.807) is 11.9 Å². The van der Waals surface area contributed by atoms with Crippen molar-refractivity contribution >= 4 is 39.3 Å². The molecule has 118 valence electrons. The third-order valence-electron chi connectivity index (χ3n) is 3.81. The highest BCUT2D eigenvalue weighted by Gasteiger charge is 2.31. The molecule has 1 aromatic carbocycles. The van der Waals surface area contributed by atoms with Crippen LogP contribution in [0.15, 0.2) is 35.3 Å². The predicted molar refractivity (Wildman–Crippen MR) is 90.7 cm³/mol. The van der Waals surface area contributed by atoms with Gasteiger partial charge in [0.05, 0.1) is 12.6 Å². The first kappa shape index (κ1) is 17.0. The molecular weight excluding hydrogens is 368 g/mol. The highest BCUT2D eigenvalue weighted by Crippen LogP contribution is 2.37. The van der Waals surface area contributed by atoms with E-state index >= 15 is 0 Å². The van der Waals surface area contributed by atoms with Crippen LogP contribution in [0.2, 0.25) is 5.02 Å². The number of benzene rings is 1. The molecule has 0 N–H and O–H groups in total. The number of likely N-dealkylation sites (tertiary alicyclic amines) is 1. The molecule has 0 radical (unpaired) electrons. The molecule has 1 atom stereocenters. The van der Waals surface area contributed by atoms with Crippen LogP contribution in [0, 0.1) is 0 Å². The van der Waals surface area contributed by atoms with Crippen molar-refractivity contribution in [2.75, 3.05) is 20.1 Å². The van der Waals surface area contributed by atoms with Crippen molar-refractivity contribution in [2.45, 2.75) is 18.9 Å². The van der Waals surface area contributed by atoms with Gasteiger partial charge in [-0.1, -0.05) is 34.1 Å². The lowest BCUT2D eigenvalue weighted by Crippen LogP contribution is -2.40. The van der Waals surface area contributed by atoms with Crippen molar-refractivity contribution in [3.63, 3.8) is 0 Å². The minimum absolute atomic E-state index is 0.0373. The smallest absolute Gasteiger partial charge is 0.246 e. The van der Waals surface area contributed by atoms with Gasteiger partial charge in [0.15, 0.2) is 0 Å². The zero-order chi connectivity index (χ0) is 16.3. The van der Waals surface area contributed by atoms with Crippen LogP contribution in [-0.4, -0.2) is 41.8 Å². The minimum Gasteiger partial charge on any atom is -0.334 e. The lowest BCUT2D eigenvalue weighted by atomic mass is 10.0. The molecule has 1 aromatic rings. The van der Waals surface area contributed by atoms with Crippen LogP contribution >= 0.6 is 27.5 Å². The number of hydrogen-bond donors (Lipinski definition) is 0. The summed E-state index contributed by atoms with van der Waals surface area (Å²) >= 11 is 9.73. The summed E-state index contributed by atoms with van der Waals surface area (Å²) in [6, 6.07) is 5.63. The lowest BCUT2D eigenvalue weighted by Gasteiger charge is -2.28. The molecule has 0 bridgehead atoms. The van der Waals surface area contributed by atoms with Crippen molar-refractivity contribution in [1.29, 1.82) is 0 Å². The number of hydrogen-bond acceptors (Lipinski definition) is 2. The van der Waals surface area contributed by atoms with E-state index in [9.17, 15) is 9.59 Å². The molecule has 1 saturated heterocycles. The zero-order valence-electron chi connectivity index (χ0n) is 12.4. The molecule has 0 saturated carbocycles. The van der Waals surface area contributed by atoms with E-state index in [1.165, 1.54) is 11.0 Å². The molecule has 1 aliphatic heterocycles. The Morgan fingerprint density at radius 2 is 2.27 bits per heavy atom. The third kappa shape index (κ3) is 3.70. The Kier molecular flexibility index (Phi) is 5.64. The molecule has 4 nitrogen and oxygen atoms in total. The van der Waals surface area contributed by atoms with Crippen LogP contribution in [0.3, 0.4) is 0 Å². The van der Waals surface area contributed by atoms with Gasteiger partial charge in [0.1, 0.15) is 0 Å². The first-order valence-corrected chi connectivity index (χ1v) is 8.23. The molecule has 1 fully saturated rings. The highest BCUT2D eigenvalue weighted by molar-refractivity contribution is 9.10. The van der Waals surface area contributed by atoms with Gasteiger partial charge in [-0.2, -0.15) is 0 Å². The van der Waals surface area contributed by atoms with Gasteiger partial charge in [0.2, 0.25) is 11.8 Å². The lowest BCUT2D eigenvalue weighted by molar-refractivity contribution is -0.137. The molecule has 22 heavy (non-hydrogen) atoms. The maximum Gasteiger partial charge on any atom is 0.246 e. The van der Waals surface area contributed by atoms with E-state index in [0.717, 1.165) is 22.9 Å². The third-order valence-corrected chi connectivity index (χ3v) is 4.65. The summed E-state index contributed by atoms with van der Waals surface area (Å²) in [5.41, 5.74) is 0.944. The first-order valence-electron chi connectivity index (χ1n) is 7.06. The van der Waals surface area contributed by atoms with Gasteiger partial charge in [-0.25, -0.2) is 0 Å². The first-order chi connectivity index (χ1) is 10.4. The number of carbonyl (C=O) groups is 2. The second-order valence-electron chi connectivity index (χ2n) is 5.31. The maximum absolute atomic E-state index is 12.5. The molecule has 1 aliphatic rings. The summed E-state index contributed by atoms with van der Waals surface area (Å²) in [4.78, 5) is 27.2. The molecule has 2 amide bonds. The molecule has 6 heteroatoms. The summed E-state index contributed by atoms with van der Waals surface area (Å²) in [6.07, 6.45) is 3.01. The zero-order valence-corrected chi connectivity index (χ0v) is 14.7. The molecule has 0 spiro atoms. The van der Waals surface area contributed by atoms with Crippen LogP contribution in [0.25, 0.3) is 0 Å². The van der Waals surface area contributed by atoms with Gasteiger partial charge in [-0.05, 0) is 42.7 Å². The van der Waals surface area contributed by atoms with E-state index in [4.69, 9.17) is 11.6 Å². The largest absolute Gasteiger partial charge is 0.334 e. The Morgan fingerprint density at radius 1 is 1.55 bits per heavy atom. The van der Waals surface area contributed by atoms with Gasteiger partial charge in [-0.3, -0.25) is 9.59 Å². The van der Waals surface area contributed by atoms with Crippen LogP contribution in [0.5, 0.6) is 0 Å². The van der Waals surface area contributed by atoms with E-state index in [1.807, 2.05) is 18.2 Å². The normalized spacial score (nSPS) is 17.4. The van der Waals surface area contributed by atoms with Crippen LogP contribution in [0.4, 0.5) is 0 Å². The topological polar surface area (TPSA) is 40.6 Å². The Balaban J connectivity index is 2.16. The second kappa shape index (κ2) is 7.29. The second-order valence-corrected chi connectivity index (χ2v) is 6.63. The average Bonchev–Trinajstić information content (AvgIpc) is 2.98. The van der Waals surface area contributed by atoms with Gasteiger partial charge < -0.3 is 9.80 Å². The average molecular weight is 386 g/mol. The van der Waals surface area contributed by atoms with Crippen molar-refractivity contribution in [3.8, 4) is 0 Å². The van der Waals surface area contributed by atoms with Gasteiger partial charge in [0.25, 0.3) is 0 Å². The predicted octanol–water partition coefficient (Wildman–Crippen LogP) is 3.41. The minimum atomic E-state index is -0.260. The standard InChI is InChI=1S/C16H18BrClN2O2/c1-3-15(21)19(2)10-16(22)20-8-4-5-14(20)12-9-11(17)6-7-13(12)18/h3,6-7,9,14H,1,4-5,8,10H2,2H3. The van der Waals surface area contributed by atoms with Crippen molar-refractivity contribution in [1.82, 2.24) is 9.80 Å². The quantitative estimate of drug-likeness (QED) is 0.745. The fourth-order valence-electron chi connectivity index (χ4n) is 2.69. The number of amides is 2. The van der Waals surface area contributed by atoms with E-state index in [0.29, 0.717) is 11.6 Å². The Labute approximate surface area is 143 Å². The SMILES string of the molecule is C=CC(=O)N(C)CC(=O)N1CCCC1c1cc(Br)ccc1Cl. The Morgan fingerprint density at radius 3 is 2.95 bits per heavy atom. The van der Waals surface area contributed by atoms with E-state index in [2.05, 4.69) is 22.5 Å². The number of rotatable bonds is 4. The molecule has 0 aliphatic carbocycles. The summed E-state index contributed by atoms with van der Waals surface area (Å²) in [7, 11) is 1.60. The van der Waals surface area contributed by atoms with Crippen LogP contribution in [0.1, 0.15) is 24.4 Å². The monoisotopic (exact) mass is 384 g/mol. The summed E-state index contributed by atoms with van der Waals surface area (Å²) < 4.78 is 0.935. The molecule has 2 rings (SSSR count). The fourth-order valence-corrected chi connectivity index (χ4v) is 3.31. The van der Waals surface area contributed by atoms with E-state index in [-0.39, 0.29) is 24.4 Å².